The van der Waals surface area contributed by atoms with Crippen LogP contribution in [0.3, 0.4) is 0 Å². The number of aldehydes is 1. The summed E-state index contributed by atoms with van der Waals surface area (Å²) in [6, 6.07) is 0. The van der Waals surface area contributed by atoms with Crippen molar-refractivity contribution < 1.29 is 27.9 Å². The maximum atomic E-state index is 13.2. The van der Waals surface area contributed by atoms with Crippen molar-refractivity contribution in [2.24, 2.45) is 0 Å². The minimum Gasteiger partial charge on any atom is -0.465 e. The highest BCUT2D eigenvalue weighted by Gasteiger charge is 2.24. The lowest BCUT2D eigenvalue weighted by Crippen LogP contribution is -2.13. The first-order valence-electron chi connectivity index (χ1n) is 3.71. The summed E-state index contributed by atoms with van der Waals surface area (Å²) in [6.45, 7) is 0. The van der Waals surface area contributed by atoms with E-state index >= 15 is 0 Å². The Kier molecular flexibility index (Phi) is 3.38. The molecule has 86 valence electrons. The SMILES string of the molecule is O=Cc1c(F)c(Cl)c(F)c(F)c1NC(=O)O. The molecule has 0 radical (unpaired) electrons. The number of benzene rings is 1. The summed E-state index contributed by atoms with van der Waals surface area (Å²) in [5.74, 6) is -5.04. The summed E-state index contributed by atoms with van der Waals surface area (Å²) in [5.41, 5.74) is -2.10. The van der Waals surface area contributed by atoms with Gasteiger partial charge in [-0.05, 0) is 0 Å². The molecule has 0 heterocycles. The Hall–Kier alpha value is -1.76. The van der Waals surface area contributed by atoms with Crippen molar-refractivity contribution in [2.75, 3.05) is 5.32 Å². The van der Waals surface area contributed by atoms with Gasteiger partial charge in [0.25, 0.3) is 0 Å². The van der Waals surface area contributed by atoms with Crippen LogP contribution < -0.4 is 5.32 Å². The fourth-order valence-corrected chi connectivity index (χ4v) is 1.17. The van der Waals surface area contributed by atoms with E-state index in [4.69, 9.17) is 16.7 Å². The monoisotopic (exact) mass is 253 g/mol. The zero-order chi connectivity index (χ0) is 12.5. The Balaban J connectivity index is 3.57. The molecule has 0 saturated heterocycles. The average Bonchev–Trinajstić information content (AvgIpc) is 2.23. The van der Waals surface area contributed by atoms with Gasteiger partial charge in [-0.2, -0.15) is 0 Å². The van der Waals surface area contributed by atoms with Crippen molar-refractivity contribution in [3.8, 4) is 0 Å². The van der Waals surface area contributed by atoms with Gasteiger partial charge in [-0.3, -0.25) is 10.1 Å². The standard InChI is InChI=1S/C8H3ClF3NO3/c9-3-4(10)2(1-14)7(13-8(15)16)6(12)5(3)11/h1,13H,(H,15,16). The third-order valence-corrected chi connectivity index (χ3v) is 1.99. The van der Waals surface area contributed by atoms with Crippen molar-refractivity contribution in [3.63, 3.8) is 0 Å². The van der Waals surface area contributed by atoms with Gasteiger partial charge in [-0.15, -0.1) is 0 Å². The van der Waals surface area contributed by atoms with E-state index in [2.05, 4.69) is 0 Å². The molecule has 0 unspecified atom stereocenters. The van der Waals surface area contributed by atoms with Crippen molar-refractivity contribution >= 4 is 29.7 Å². The fourth-order valence-electron chi connectivity index (χ4n) is 0.988. The first kappa shape index (κ1) is 12.3. The maximum absolute atomic E-state index is 13.2. The molecule has 1 aromatic rings. The van der Waals surface area contributed by atoms with Gasteiger partial charge >= 0.3 is 6.09 Å². The fraction of sp³-hybridized carbons (Fsp3) is 0. The number of anilines is 1. The predicted octanol–water partition coefficient (Wildman–Crippen LogP) is 2.66. The lowest BCUT2D eigenvalue weighted by Gasteiger charge is -2.09. The van der Waals surface area contributed by atoms with Crippen LogP contribution in [-0.2, 0) is 0 Å². The Morgan fingerprint density at radius 3 is 2.25 bits per heavy atom. The minimum absolute atomic E-state index is 0.172. The van der Waals surface area contributed by atoms with Crippen LogP contribution in [0.25, 0.3) is 0 Å². The third kappa shape index (κ3) is 1.94. The summed E-state index contributed by atoms with van der Waals surface area (Å²) in [5, 5.41) is 8.45. The Morgan fingerprint density at radius 2 is 1.81 bits per heavy atom. The Bertz CT molecular complexity index is 478. The summed E-state index contributed by atoms with van der Waals surface area (Å²) in [6.07, 6.45) is -1.95. The number of rotatable bonds is 2. The van der Waals surface area contributed by atoms with E-state index in [1.165, 1.54) is 5.32 Å². The first-order valence-corrected chi connectivity index (χ1v) is 4.09. The number of hydrogen-bond acceptors (Lipinski definition) is 2. The summed E-state index contributed by atoms with van der Waals surface area (Å²) in [4.78, 5) is 20.6. The van der Waals surface area contributed by atoms with Crippen LogP contribution in [0.5, 0.6) is 0 Å². The van der Waals surface area contributed by atoms with Crippen LogP contribution >= 0.6 is 11.6 Å². The van der Waals surface area contributed by atoms with Gasteiger partial charge in [-0.25, -0.2) is 18.0 Å². The molecule has 0 saturated carbocycles. The minimum atomic E-state index is -1.77. The second kappa shape index (κ2) is 4.40. The molecule has 1 aromatic carbocycles. The van der Waals surface area contributed by atoms with E-state index in [0.29, 0.717) is 0 Å². The zero-order valence-corrected chi connectivity index (χ0v) is 8.11. The van der Waals surface area contributed by atoms with Crippen LogP contribution in [0, 0.1) is 17.5 Å². The molecule has 0 aliphatic carbocycles. The third-order valence-electron chi connectivity index (χ3n) is 1.65. The van der Waals surface area contributed by atoms with E-state index < -0.39 is 39.8 Å². The molecule has 0 bridgehead atoms. The topological polar surface area (TPSA) is 66.4 Å². The Labute approximate surface area is 91.6 Å². The van der Waals surface area contributed by atoms with Crippen molar-refractivity contribution in [3.05, 3.63) is 28.0 Å². The highest BCUT2D eigenvalue weighted by atomic mass is 35.5. The average molecular weight is 254 g/mol. The van der Waals surface area contributed by atoms with E-state index in [1.807, 2.05) is 0 Å². The summed E-state index contributed by atoms with van der Waals surface area (Å²) < 4.78 is 39.2. The van der Waals surface area contributed by atoms with Gasteiger partial charge in [0.15, 0.2) is 23.7 Å². The molecule has 4 nitrogen and oxygen atoms in total. The quantitative estimate of drug-likeness (QED) is 0.484. The molecule has 0 spiro atoms. The Morgan fingerprint density at radius 1 is 1.25 bits per heavy atom. The van der Waals surface area contributed by atoms with Gasteiger partial charge in [0.2, 0.25) is 0 Å². The smallest absolute Gasteiger partial charge is 0.409 e. The summed E-state index contributed by atoms with van der Waals surface area (Å²) in [7, 11) is 0. The lowest BCUT2D eigenvalue weighted by atomic mass is 10.1. The molecule has 1 rings (SSSR count). The molecule has 0 aliphatic heterocycles. The van der Waals surface area contributed by atoms with Crippen molar-refractivity contribution in [1.82, 2.24) is 0 Å². The van der Waals surface area contributed by atoms with Crippen LogP contribution in [-0.4, -0.2) is 17.5 Å². The zero-order valence-electron chi connectivity index (χ0n) is 7.35. The molecular weight excluding hydrogens is 251 g/mol. The number of halogens is 4. The highest BCUT2D eigenvalue weighted by molar-refractivity contribution is 6.31. The largest absolute Gasteiger partial charge is 0.465 e. The second-order valence-corrected chi connectivity index (χ2v) is 2.97. The van der Waals surface area contributed by atoms with Crippen molar-refractivity contribution in [2.45, 2.75) is 0 Å². The number of hydrogen-bond donors (Lipinski definition) is 2. The van der Waals surface area contributed by atoms with Crippen molar-refractivity contribution in [1.29, 1.82) is 0 Å². The van der Waals surface area contributed by atoms with E-state index in [-0.39, 0.29) is 6.29 Å². The number of carbonyl (C=O) groups excluding carboxylic acids is 1. The maximum Gasteiger partial charge on any atom is 0.409 e. The normalized spacial score (nSPS) is 10.0. The molecule has 0 fully saturated rings. The van der Waals surface area contributed by atoms with Gasteiger partial charge in [0.1, 0.15) is 5.02 Å². The van der Waals surface area contributed by atoms with Crippen LogP contribution in [0.4, 0.5) is 23.7 Å². The number of amides is 1. The molecule has 2 N–H and O–H groups in total. The molecule has 0 aromatic heterocycles. The second-order valence-electron chi connectivity index (χ2n) is 2.59. The number of carboxylic acid groups (broad SMARTS) is 1. The van der Waals surface area contributed by atoms with E-state index in [1.54, 1.807) is 0 Å². The molecule has 1 amide bonds. The first-order chi connectivity index (χ1) is 7.40. The predicted molar refractivity (Wildman–Crippen MR) is 48.4 cm³/mol. The van der Waals surface area contributed by atoms with Gasteiger partial charge in [0.05, 0.1) is 11.3 Å². The number of nitrogens with one attached hydrogen (secondary N) is 1. The van der Waals surface area contributed by atoms with Gasteiger partial charge in [-0.1, -0.05) is 11.6 Å². The summed E-state index contributed by atoms with van der Waals surface area (Å²) >= 11 is 5.05. The molecule has 8 heteroatoms. The van der Waals surface area contributed by atoms with Gasteiger partial charge < -0.3 is 5.11 Å². The van der Waals surface area contributed by atoms with E-state index in [0.717, 1.165) is 0 Å². The highest BCUT2D eigenvalue weighted by Crippen LogP contribution is 2.31. The molecule has 0 aliphatic rings. The molecule has 0 atom stereocenters. The lowest BCUT2D eigenvalue weighted by molar-refractivity contribution is 0.112. The van der Waals surface area contributed by atoms with Crippen LogP contribution in [0.15, 0.2) is 0 Å². The number of carbonyl (C=O) groups is 2. The molecular formula is C8H3ClF3NO3. The molecule has 16 heavy (non-hydrogen) atoms. The van der Waals surface area contributed by atoms with E-state index in [9.17, 15) is 22.8 Å². The van der Waals surface area contributed by atoms with Crippen LogP contribution in [0.1, 0.15) is 10.4 Å². The van der Waals surface area contributed by atoms with Crippen LogP contribution in [0.2, 0.25) is 5.02 Å². The van der Waals surface area contributed by atoms with Gasteiger partial charge in [0, 0.05) is 0 Å².